The van der Waals surface area contributed by atoms with Crippen LogP contribution < -0.4 is 5.32 Å². The van der Waals surface area contributed by atoms with Crippen LogP contribution in [-0.4, -0.2) is 60.0 Å². The Morgan fingerprint density at radius 3 is 2.86 bits per heavy atom. The normalized spacial score (nSPS) is 19.0. The average molecular weight is 303 g/mol. The molecular weight excluding hydrogens is 274 g/mol. The highest BCUT2D eigenvalue weighted by Crippen LogP contribution is 2.15. The lowest BCUT2D eigenvalue weighted by molar-refractivity contribution is 0.223. The average Bonchev–Trinajstić information content (AvgIpc) is 3.00. The van der Waals surface area contributed by atoms with Crippen LogP contribution in [-0.2, 0) is 6.54 Å². The molecule has 1 unspecified atom stereocenters. The van der Waals surface area contributed by atoms with E-state index in [0.717, 1.165) is 44.4 Å². The van der Waals surface area contributed by atoms with Crippen LogP contribution in [0.1, 0.15) is 31.5 Å². The van der Waals surface area contributed by atoms with E-state index in [9.17, 15) is 0 Å². The Bertz CT molecular complexity index is 496. The van der Waals surface area contributed by atoms with Crippen molar-refractivity contribution < 1.29 is 0 Å². The van der Waals surface area contributed by atoms with Crippen molar-refractivity contribution in [3.8, 4) is 0 Å². The van der Waals surface area contributed by atoms with Crippen molar-refractivity contribution in [1.82, 2.24) is 20.1 Å². The maximum atomic E-state index is 4.45. The summed E-state index contributed by atoms with van der Waals surface area (Å²) in [5, 5.41) is 3.46. The Labute approximate surface area is 134 Å². The van der Waals surface area contributed by atoms with Crippen LogP contribution in [0.15, 0.2) is 23.3 Å². The number of likely N-dealkylation sites (N-methyl/N-ethyl adjacent to an activating group) is 1. The van der Waals surface area contributed by atoms with E-state index in [0.29, 0.717) is 6.04 Å². The van der Waals surface area contributed by atoms with Crippen LogP contribution in [0.25, 0.3) is 0 Å². The SMILES string of the molecule is CCN(CC)C1CCN(C(=NC)NCc2ncccc2C)C1. The molecule has 0 aliphatic carbocycles. The third-order valence-corrected chi connectivity index (χ3v) is 4.54. The lowest BCUT2D eigenvalue weighted by Crippen LogP contribution is -2.43. The van der Waals surface area contributed by atoms with Gasteiger partial charge in [-0.1, -0.05) is 19.9 Å². The monoisotopic (exact) mass is 303 g/mol. The second kappa shape index (κ2) is 8.13. The zero-order chi connectivity index (χ0) is 15.9. The van der Waals surface area contributed by atoms with Crippen molar-refractivity contribution in [3.05, 3.63) is 29.6 Å². The molecule has 22 heavy (non-hydrogen) atoms. The van der Waals surface area contributed by atoms with Crippen LogP contribution in [0.3, 0.4) is 0 Å². The topological polar surface area (TPSA) is 43.8 Å². The molecule has 1 aromatic heterocycles. The molecule has 0 spiro atoms. The Kier molecular flexibility index (Phi) is 6.19. The molecule has 1 fully saturated rings. The number of nitrogens with one attached hydrogen (secondary N) is 1. The maximum absolute atomic E-state index is 4.45. The fourth-order valence-electron chi connectivity index (χ4n) is 3.17. The highest BCUT2D eigenvalue weighted by atomic mass is 15.3. The van der Waals surface area contributed by atoms with Gasteiger partial charge in [0.1, 0.15) is 0 Å². The number of pyridine rings is 1. The molecule has 0 radical (unpaired) electrons. The second-order valence-corrected chi connectivity index (χ2v) is 5.78. The minimum absolute atomic E-state index is 0.644. The highest BCUT2D eigenvalue weighted by Gasteiger charge is 2.27. The van der Waals surface area contributed by atoms with Gasteiger partial charge in [0.15, 0.2) is 5.96 Å². The number of rotatable bonds is 5. The molecule has 0 amide bonds. The predicted molar refractivity (Wildman–Crippen MR) is 92.1 cm³/mol. The Morgan fingerprint density at radius 2 is 2.23 bits per heavy atom. The van der Waals surface area contributed by atoms with Gasteiger partial charge in [-0.15, -0.1) is 0 Å². The van der Waals surface area contributed by atoms with E-state index in [1.807, 2.05) is 19.3 Å². The quantitative estimate of drug-likeness (QED) is 0.666. The highest BCUT2D eigenvalue weighted by molar-refractivity contribution is 5.80. The molecule has 1 aliphatic heterocycles. The summed E-state index contributed by atoms with van der Waals surface area (Å²) in [5.41, 5.74) is 2.30. The van der Waals surface area contributed by atoms with Crippen LogP contribution in [0.5, 0.6) is 0 Å². The molecule has 1 saturated heterocycles. The first-order valence-corrected chi connectivity index (χ1v) is 8.29. The van der Waals surface area contributed by atoms with E-state index >= 15 is 0 Å². The summed E-state index contributed by atoms with van der Waals surface area (Å²) in [6.07, 6.45) is 3.06. The van der Waals surface area contributed by atoms with Crippen LogP contribution in [0.4, 0.5) is 0 Å². The number of likely N-dealkylation sites (tertiary alicyclic amines) is 1. The summed E-state index contributed by atoms with van der Waals surface area (Å²) >= 11 is 0. The van der Waals surface area contributed by atoms with E-state index in [-0.39, 0.29) is 0 Å². The third kappa shape index (κ3) is 3.97. The van der Waals surface area contributed by atoms with Gasteiger partial charge in [0.05, 0.1) is 12.2 Å². The van der Waals surface area contributed by atoms with Crippen molar-refractivity contribution in [2.24, 2.45) is 4.99 Å². The van der Waals surface area contributed by atoms with Gasteiger partial charge < -0.3 is 10.2 Å². The van der Waals surface area contributed by atoms with Crippen LogP contribution >= 0.6 is 0 Å². The lowest BCUT2D eigenvalue weighted by Gasteiger charge is -2.27. The molecule has 122 valence electrons. The Balaban J connectivity index is 1.92. The molecule has 5 heteroatoms. The summed E-state index contributed by atoms with van der Waals surface area (Å²) in [7, 11) is 1.86. The van der Waals surface area contributed by atoms with Gasteiger partial charge in [-0.2, -0.15) is 0 Å². The van der Waals surface area contributed by atoms with E-state index in [1.165, 1.54) is 12.0 Å². The number of guanidine groups is 1. The fourth-order valence-corrected chi connectivity index (χ4v) is 3.17. The maximum Gasteiger partial charge on any atom is 0.194 e. The summed E-state index contributed by atoms with van der Waals surface area (Å²) < 4.78 is 0. The summed E-state index contributed by atoms with van der Waals surface area (Å²) in [4.78, 5) is 13.8. The standard InChI is InChI=1S/C17H29N5/c1-5-21(6-2)15-9-11-22(13-15)17(18-4)20-12-16-14(3)8-7-10-19-16/h7-8,10,15H,5-6,9,11-13H2,1-4H3,(H,18,20). The molecule has 1 aromatic rings. The molecule has 2 heterocycles. The minimum atomic E-state index is 0.644. The van der Waals surface area contributed by atoms with Crippen molar-refractivity contribution in [3.63, 3.8) is 0 Å². The van der Waals surface area contributed by atoms with E-state index in [2.05, 4.69) is 51.9 Å². The van der Waals surface area contributed by atoms with Gasteiger partial charge in [0.25, 0.3) is 0 Å². The first kappa shape index (κ1) is 16.7. The molecule has 0 saturated carbocycles. The molecule has 1 aliphatic rings. The van der Waals surface area contributed by atoms with Crippen molar-refractivity contribution in [2.75, 3.05) is 33.2 Å². The summed E-state index contributed by atoms with van der Waals surface area (Å²) in [6, 6.07) is 4.71. The first-order chi connectivity index (χ1) is 10.7. The van der Waals surface area contributed by atoms with Gasteiger partial charge in [-0.05, 0) is 38.1 Å². The lowest BCUT2D eigenvalue weighted by atomic mass is 10.2. The summed E-state index contributed by atoms with van der Waals surface area (Å²) in [6.45, 7) is 11.7. The van der Waals surface area contributed by atoms with Crippen LogP contribution in [0.2, 0.25) is 0 Å². The molecule has 1 N–H and O–H groups in total. The molecule has 0 bridgehead atoms. The van der Waals surface area contributed by atoms with E-state index in [4.69, 9.17) is 0 Å². The van der Waals surface area contributed by atoms with Gasteiger partial charge in [-0.25, -0.2) is 0 Å². The van der Waals surface area contributed by atoms with E-state index in [1.54, 1.807) is 0 Å². The number of hydrogen-bond donors (Lipinski definition) is 1. The smallest absolute Gasteiger partial charge is 0.194 e. The van der Waals surface area contributed by atoms with Gasteiger partial charge in [0.2, 0.25) is 0 Å². The Hall–Kier alpha value is -1.62. The fraction of sp³-hybridized carbons (Fsp3) is 0.647. The number of nitrogens with zero attached hydrogens (tertiary/aromatic N) is 4. The molecular formula is C17H29N5. The Morgan fingerprint density at radius 1 is 1.45 bits per heavy atom. The third-order valence-electron chi connectivity index (χ3n) is 4.54. The molecule has 1 atom stereocenters. The van der Waals surface area contributed by atoms with Crippen molar-refractivity contribution in [2.45, 2.75) is 39.8 Å². The number of aliphatic imine (C=N–C) groups is 1. The van der Waals surface area contributed by atoms with Crippen LogP contribution in [0, 0.1) is 6.92 Å². The number of aryl methyl sites for hydroxylation is 1. The molecule has 5 nitrogen and oxygen atoms in total. The van der Waals surface area contributed by atoms with E-state index < -0.39 is 0 Å². The first-order valence-electron chi connectivity index (χ1n) is 8.29. The molecule has 0 aromatic carbocycles. The largest absolute Gasteiger partial charge is 0.351 e. The second-order valence-electron chi connectivity index (χ2n) is 5.78. The summed E-state index contributed by atoms with van der Waals surface area (Å²) in [5.74, 6) is 0.986. The minimum Gasteiger partial charge on any atom is -0.351 e. The number of aromatic nitrogens is 1. The van der Waals surface area contributed by atoms with Gasteiger partial charge in [-0.3, -0.25) is 14.9 Å². The zero-order valence-corrected chi connectivity index (χ0v) is 14.3. The van der Waals surface area contributed by atoms with Gasteiger partial charge >= 0.3 is 0 Å². The van der Waals surface area contributed by atoms with Gasteiger partial charge in [0, 0.05) is 32.4 Å². The predicted octanol–water partition coefficient (Wildman–Crippen LogP) is 1.88. The zero-order valence-electron chi connectivity index (χ0n) is 14.3. The van der Waals surface area contributed by atoms with Crippen molar-refractivity contribution in [1.29, 1.82) is 0 Å². The van der Waals surface area contributed by atoms with Crippen molar-refractivity contribution >= 4 is 5.96 Å². The number of hydrogen-bond acceptors (Lipinski definition) is 3. The molecule has 2 rings (SSSR count).